The van der Waals surface area contributed by atoms with Gasteiger partial charge in [0.1, 0.15) is 11.3 Å². The Morgan fingerprint density at radius 1 is 1.19 bits per heavy atom. The van der Waals surface area contributed by atoms with E-state index in [1.807, 2.05) is 28.8 Å². The highest BCUT2D eigenvalue weighted by Crippen LogP contribution is 2.27. The predicted octanol–water partition coefficient (Wildman–Crippen LogP) is 2.10. The third-order valence-electron chi connectivity index (χ3n) is 3.49. The number of carbonyl (C=O) groups excluding carboxylic acids is 1. The van der Waals surface area contributed by atoms with Gasteiger partial charge in [-0.1, -0.05) is 18.2 Å². The molecule has 4 aromatic rings. The number of para-hydroxylation sites is 1. The summed E-state index contributed by atoms with van der Waals surface area (Å²) in [6.45, 7) is 2.14. The molecule has 0 spiro atoms. The number of nitrogens with zero attached hydrogens (tertiary/aromatic N) is 5. The van der Waals surface area contributed by atoms with Crippen LogP contribution in [0.2, 0.25) is 0 Å². The van der Waals surface area contributed by atoms with E-state index in [0.29, 0.717) is 29.9 Å². The van der Waals surface area contributed by atoms with E-state index in [-0.39, 0.29) is 5.78 Å². The minimum absolute atomic E-state index is 0.137. The quantitative estimate of drug-likeness (QED) is 0.571. The lowest BCUT2D eigenvalue weighted by atomic mass is 10.2. The Bertz CT molecular complexity index is 985. The number of carbonyl (C=O) groups is 1. The molecule has 0 saturated carbocycles. The van der Waals surface area contributed by atoms with Gasteiger partial charge in [0.25, 0.3) is 0 Å². The second-order valence-corrected chi connectivity index (χ2v) is 4.93. The summed E-state index contributed by atoms with van der Waals surface area (Å²) >= 11 is 0. The average molecular weight is 281 g/mol. The normalized spacial score (nSPS) is 11.7. The molecule has 0 amide bonds. The van der Waals surface area contributed by atoms with Crippen LogP contribution in [0, 0.1) is 0 Å². The van der Waals surface area contributed by atoms with Crippen molar-refractivity contribution in [3.05, 3.63) is 24.3 Å². The van der Waals surface area contributed by atoms with Crippen molar-refractivity contribution in [3.8, 4) is 0 Å². The summed E-state index contributed by atoms with van der Waals surface area (Å²) < 4.78 is 6.66. The number of rotatable bonds is 3. The average Bonchev–Trinajstić information content (AvgIpc) is 3.05. The van der Waals surface area contributed by atoms with E-state index in [2.05, 4.69) is 24.9 Å². The second kappa shape index (κ2) is 4.34. The van der Waals surface area contributed by atoms with Gasteiger partial charge < -0.3 is 4.57 Å². The van der Waals surface area contributed by atoms with Gasteiger partial charge in [-0.05, 0) is 23.3 Å². The zero-order chi connectivity index (χ0) is 14.4. The van der Waals surface area contributed by atoms with Gasteiger partial charge >= 0.3 is 0 Å². The molecule has 0 saturated heterocycles. The molecule has 0 bridgehead atoms. The number of ketones is 1. The topological polar surface area (TPSA) is 86.7 Å². The maximum atomic E-state index is 11.3. The Hall–Kier alpha value is -2.83. The number of hydrogen-bond donors (Lipinski definition) is 0. The van der Waals surface area contributed by atoms with Gasteiger partial charge in [-0.25, -0.2) is 14.6 Å². The summed E-state index contributed by atoms with van der Waals surface area (Å²) in [6.07, 6.45) is 0.449. The van der Waals surface area contributed by atoms with Crippen molar-refractivity contribution >= 4 is 39.1 Å². The van der Waals surface area contributed by atoms with Gasteiger partial charge in [0.15, 0.2) is 5.65 Å². The van der Waals surface area contributed by atoms with Crippen molar-refractivity contribution in [1.29, 1.82) is 0 Å². The molecule has 0 radical (unpaired) electrons. The van der Waals surface area contributed by atoms with Crippen LogP contribution in [0.15, 0.2) is 28.9 Å². The zero-order valence-electron chi connectivity index (χ0n) is 11.3. The highest BCUT2D eigenvalue weighted by Gasteiger charge is 2.16. The lowest BCUT2D eigenvalue weighted by Crippen LogP contribution is -2.03. The van der Waals surface area contributed by atoms with Gasteiger partial charge in [0.05, 0.1) is 5.52 Å². The molecule has 104 valence electrons. The molecular weight excluding hydrogens is 270 g/mol. The third-order valence-corrected chi connectivity index (χ3v) is 3.49. The van der Waals surface area contributed by atoms with E-state index in [1.165, 1.54) is 0 Å². The maximum Gasteiger partial charge on any atom is 0.245 e. The molecule has 0 unspecified atom stereocenters. The van der Waals surface area contributed by atoms with Crippen LogP contribution in [0.25, 0.3) is 33.4 Å². The molecule has 1 aromatic carbocycles. The van der Waals surface area contributed by atoms with E-state index < -0.39 is 0 Å². The summed E-state index contributed by atoms with van der Waals surface area (Å²) in [6, 6.07) is 7.88. The van der Waals surface area contributed by atoms with Gasteiger partial charge in [0, 0.05) is 18.4 Å². The third kappa shape index (κ3) is 1.78. The summed E-state index contributed by atoms with van der Waals surface area (Å²) in [4.78, 5) is 20.2. The highest BCUT2D eigenvalue weighted by molar-refractivity contribution is 6.05. The first-order chi connectivity index (χ1) is 10.2. The molecule has 3 aromatic heterocycles. The Balaban J connectivity index is 2.08. The second-order valence-electron chi connectivity index (χ2n) is 4.93. The number of aryl methyl sites for hydroxylation is 1. The van der Waals surface area contributed by atoms with Crippen LogP contribution in [-0.4, -0.2) is 30.6 Å². The van der Waals surface area contributed by atoms with E-state index in [9.17, 15) is 4.79 Å². The van der Waals surface area contributed by atoms with E-state index in [4.69, 9.17) is 0 Å². The van der Waals surface area contributed by atoms with Crippen LogP contribution < -0.4 is 0 Å². The minimum atomic E-state index is 0.137. The molecule has 0 aliphatic carbocycles. The van der Waals surface area contributed by atoms with Crippen LogP contribution in [0.1, 0.15) is 13.3 Å². The van der Waals surface area contributed by atoms with Gasteiger partial charge in [0.2, 0.25) is 11.3 Å². The smallest absolute Gasteiger partial charge is 0.245 e. The lowest BCUT2D eigenvalue weighted by molar-refractivity contribution is -0.117. The van der Waals surface area contributed by atoms with Crippen LogP contribution in [-0.2, 0) is 11.3 Å². The van der Waals surface area contributed by atoms with E-state index in [0.717, 1.165) is 16.4 Å². The van der Waals surface area contributed by atoms with Crippen molar-refractivity contribution in [2.75, 3.05) is 0 Å². The fourth-order valence-corrected chi connectivity index (χ4v) is 2.52. The molecular formula is C14H11N5O2. The first kappa shape index (κ1) is 12.0. The number of aromatic nitrogens is 5. The van der Waals surface area contributed by atoms with Crippen molar-refractivity contribution in [1.82, 2.24) is 24.8 Å². The number of hydrogen-bond acceptors (Lipinski definition) is 6. The Kier molecular flexibility index (Phi) is 2.47. The first-order valence-electron chi connectivity index (χ1n) is 6.61. The standard InChI is InChI=1S/C14H11N5O2/c1-8(20)6-7-19-10-5-3-2-4-9(10)11-14(19)16-13-12(15-11)17-21-18-13/h2-5H,6-7H2,1H3. The van der Waals surface area contributed by atoms with E-state index >= 15 is 0 Å². The Morgan fingerprint density at radius 3 is 2.76 bits per heavy atom. The molecule has 0 aliphatic rings. The SMILES string of the molecule is CC(=O)CCn1c2ccccc2c2nc3nonc3nc21. The van der Waals surface area contributed by atoms with Crippen molar-refractivity contribution < 1.29 is 9.42 Å². The molecule has 3 heterocycles. The Morgan fingerprint density at radius 2 is 1.95 bits per heavy atom. The molecule has 7 heteroatoms. The molecule has 0 fully saturated rings. The molecule has 21 heavy (non-hydrogen) atoms. The molecule has 7 nitrogen and oxygen atoms in total. The van der Waals surface area contributed by atoms with Crippen LogP contribution in [0.3, 0.4) is 0 Å². The number of fused-ring (bicyclic) bond motifs is 4. The first-order valence-corrected chi connectivity index (χ1v) is 6.61. The van der Waals surface area contributed by atoms with Crippen LogP contribution in [0.5, 0.6) is 0 Å². The van der Waals surface area contributed by atoms with E-state index in [1.54, 1.807) is 6.92 Å². The molecule has 4 rings (SSSR count). The number of benzene rings is 1. The highest BCUT2D eigenvalue weighted by atomic mass is 16.6. The van der Waals surface area contributed by atoms with Gasteiger partial charge in [-0.15, -0.1) is 0 Å². The maximum absolute atomic E-state index is 11.3. The summed E-state index contributed by atoms with van der Waals surface area (Å²) in [5, 5.41) is 8.45. The fourth-order valence-electron chi connectivity index (χ4n) is 2.52. The van der Waals surface area contributed by atoms with Crippen molar-refractivity contribution in [2.45, 2.75) is 19.9 Å². The minimum Gasteiger partial charge on any atom is -0.323 e. The fraction of sp³-hybridized carbons (Fsp3) is 0.214. The van der Waals surface area contributed by atoms with Gasteiger partial charge in [-0.2, -0.15) is 0 Å². The summed E-state index contributed by atoms with van der Waals surface area (Å²) in [5.74, 6) is 0.137. The lowest BCUT2D eigenvalue weighted by Gasteiger charge is -2.04. The van der Waals surface area contributed by atoms with Crippen molar-refractivity contribution in [3.63, 3.8) is 0 Å². The van der Waals surface area contributed by atoms with Crippen LogP contribution in [0.4, 0.5) is 0 Å². The van der Waals surface area contributed by atoms with Crippen LogP contribution >= 0.6 is 0 Å². The van der Waals surface area contributed by atoms with Crippen molar-refractivity contribution in [2.24, 2.45) is 0 Å². The monoisotopic (exact) mass is 281 g/mol. The zero-order valence-corrected chi connectivity index (χ0v) is 11.3. The number of Topliss-reactive ketones (excluding diaryl/α,β-unsaturated/α-hetero) is 1. The molecule has 0 N–H and O–H groups in total. The summed E-state index contributed by atoms with van der Waals surface area (Å²) in [7, 11) is 0. The molecule has 0 aliphatic heterocycles. The summed E-state index contributed by atoms with van der Waals surface area (Å²) in [5.41, 5.74) is 3.20. The Labute approximate surface area is 118 Å². The molecule has 0 atom stereocenters. The largest absolute Gasteiger partial charge is 0.323 e. The predicted molar refractivity (Wildman–Crippen MR) is 75.7 cm³/mol. The van der Waals surface area contributed by atoms with Gasteiger partial charge in [-0.3, -0.25) is 4.79 Å².